The standard InChI is InChI=1S/C8H10OS/c1-10-6-7-3-2-4-8(9)5-7/h2-5,9-10H,1,6H2. The SMILES string of the molecule is C=[SH]Cc1cccc(O)c1. The number of thiol groups is 1. The summed E-state index contributed by atoms with van der Waals surface area (Å²) < 4.78 is 0. The van der Waals surface area contributed by atoms with Crippen molar-refractivity contribution in [1.29, 1.82) is 0 Å². The quantitative estimate of drug-likeness (QED) is 0.491. The molecule has 0 aromatic heterocycles. The fourth-order valence-corrected chi connectivity index (χ4v) is 1.24. The molecule has 2 heteroatoms. The van der Waals surface area contributed by atoms with Crippen LogP contribution in [-0.4, -0.2) is 11.0 Å². The second-order valence-corrected chi connectivity index (χ2v) is 2.82. The summed E-state index contributed by atoms with van der Waals surface area (Å²) in [5.74, 6) is 4.95. The maximum absolute atomic E-state index is 9.02. The van der Waals surface area contributed by atoms with E-state index in [1.54, 1.807) is 12.1 Å². The van der Waals surface area contributed by atoms with Crippen LogP contribution >= 0.6 is 11.4 Å². The lowest BCUT2D eigenvalue weighted by molar-refractivity contribution is 0.475. The van der Waals surface area contributed by atoms with E-state index in [0.717, 1.165) is 22.7 Å². The van der Waals surface area contributed by atoms with Crippen LogP contribution < -0.4 is 0 Å². The van der Waals surface area contributed by atoms with Gasteiger partial charge in [0.1, 0.15) is 5.75 Å². The molecule has 0 amide bonds. The molecule has 0 spiro atoms. The zero-order valence-corrected chi connectivity index (χ0v) is 6.51. The molecule has 0 aliphatic rings. The summed E-state index contributed by atoms with van der Waals surface area (Å²) in [7, 11) is 0. The third-order valence-electron chi connectivity index (χ3n) is 1.20. The van der Waals surface area contributed by atoms with Crippen LogP contribution in [0.1, 0.15) is 5.56 Å². The van der Waals surface area contributed by atoms with Crippen LogP contribution in [0.15, 0.2) is 24.3 Å². The van der Waals surface area contributed by atoms with Gasteiger partial charge in [-0.15, -0.1) is 0 Å². The maximum Gasteiger partial charge on any atom is 0.115 e. The zero-order chi connectivity index (χ0) is 7.40. The van der Waals surface area contributed by atoms with Crippen molar-refractivity contribution in [2.24, 2.45) is 0 Å². The van der Waals surface area contributed by atoms with Crippen LogP contribution in [0.3, 0.4) is 0 Å². The smallest absolute Gasteiger partial charge is 0.115 e. The molecule has 0 aliphatic carbocycles. The molecule has 10 heavy (non-hydrogen) atoms. The number of hydrogen-bond acceptors (Lipinski definition) is 1. The first-order chi connectivity index (χ1) is 4.83. The van der Waals surface area contributed by atoms with E-state index >= 15 is 0 Å². The molecule has 1 N–H and O–H groups in total. The number of benzene rings is 1. The highest BCUT2D eigenvalue weighted by Crippen LogP contribution is 2.12. The van der Waals surface area contributed by atoms with Gasteiger partial charge in [-0.1, -0.05) is 18.0 Å². The molecule has 1 aromatic carbocycles. The Morgan fingerprint density at radius 3 is 2.90 bits per heavy atom. The van der Waals surface area contributed by atoms with E-state index < -0.39 is 0 Å². The van der Waals surface area contributed by atoms with E-state index in [2.05, 4.69) is 5.87 Å². The number of aromatic hydroxyl groups is 1. The lowest BCUT2D eigenvalue weighted by Crippen LogP contribution is -1.75. The Balaban J connectivity index is 2.84. The molecular formula is C8H10OS. The first-order valence-corrected chi connectivity index (χ1v) is 4.30. The second-order valence-electron chi connectivity index (χ2n) is 2.05. The number of rotatable bonds is 2. The molecule has 0 heterocycles. The third-order valence-corrected chi connectivity index (χ3v) is 1.79. The van der Waals surface area contributed by atoms with Crippen LogP contribution in [0.4, 0.5) is 0 Å². The Morgan fingerprint density at radius 2 is 2.30 bits per heavy atom. The van der Waals surface area contributed by atoms with Gasteiger partial charge in [0, 0.05) is 5.75 Å². The first kappa shape index (κ1) is 7.35. The largest absolute Gasteiger partial charge is 0.508 e. The molecule has 1 nitrogen and oxygen atoms in total. The Labute approximate surface area is 64.3 Å². The zero-order valence-electron chi connectivity index (χ0n) is 5.62. The predicted molar refractivity (Wildman–Crippen MR) is 47.9 cm³/mol. The summed E-state index contributed by atoms with van der Waals surface area (Å²) in [6.45, 7) is 0. The average Bonchev–Trinajstić information content (AvgIpc) is 1.88. The summed E-state index contributed by atoms with van der Waals surface area (Å²) in [4.78, 5) is 0. The second kappa shape index (κ2) is 3.42. The highest BCUT2D eigenvalue weighted by Gasteiger charge is 1.89. The maximum atomic E-state index is 9.02. The molecule has 0 saturated heterocycles. The van der Waals surface area contributed by atoms with E-state index in [-0.39, 0.29) is 0 Å². The van der Waals surface area contributed by atoms with Gasteiger partial charge in [-0.05, 0) is 17.7 Å². The van der Waals surface area contributed by atoms with Gasteiger partial charge in [-0.3, -0.25) is 0 Å². The van der Waals surface area contributed by atoms with Crippen molar-refractivity contribution < 1.29 is 5.11 Å². The molecule has 0 aliphatic heterocycles. The minimum Gasteiger partial charge on any atom is -0.508 e. The van der Waals surface area contributed by atoms with Crippen LogP contribution in [0.25, 0.3) is 0 Å². The summed E-state index contributed by atoms with van der Waals surface area (Å²) in [6, 6.07) is 7.26. The summed E-state index contributed by atoms with van der Waals surface area (Å²) in [6.07, 6.45) is 0. The van der Waals surface area contributed by atoms with Gasteiger partial charge in [-0.25, -0.2) is 11.4 Å². The highest BCUT2D eigenvalue weighted by molar-refractivity contribution is 7.95. The molecule has 0 bridgehead atoms. The summed E-state index contributed by atoms with van der Waals surface area (Å²) in [5.41, 5.74) is 1.14. The van der Waals surface area contributed by atoms with Crippen molar-refractivity contribution in [1.82, 2.24) is 0 Å². The summed E-state index contributed by atoms with van der Waals surface area (Å²) >= 11 is 1.09. The van der Waals surface area contributed by atoms with Gasteiger partial charge < -0.3 is 5.11 Å². The molecule has 1 aromatic rings. The molecule has 0 radical (unpaired) electrons. The third kappa shape index (κ3) is 1.88. The van der Waals surface area contributed by atoms with E-state index in [1.807, 2.05) is 12.1 Å². The fourth-order valence-electron chi connectivity index (χ4n) is 0.784. The van der Waals surface area contributed by atoms with E-state index in [1.165, 1.54) is 0 Å². The van der Waals surface area contributed by atoms with Crippen LogP contribution in [0.2, 0.25) is 0 Å². The van der Waals surface area contributed by atoms with Gasteiger partial charge in [0.15, 0.2) is 0 Å². The van der Waals surface area contributed by atoms with Crippen molar-refractivity contribution in [3.8, 4) is 5.75 Å². The monoisotopic (exact) mass is 154 g/mol. The molecule has 0 atom stereocenters. The van der Waals surface area contributed by atoms with Crippen LogP contribution in [0, 0.1) is 0 Å². The Hall–Kier alpha value is -0.760. The predicted octanol–water partition coefficient (Wildman–Crippen LogP) is 1.79. The molecule has 0 saturated carbocycles. The van der Waals surface area contributed by atoms with Gasteiger partial charge in [-0.2, -0.15) is 0 Å². The van der Waals surface area contributed by atoms with Crippen LogP contribution in [-0.2, 0) is 5.75 Å². The molecule has 0 fully saturated rings. The van der Waals surface area contributed by atoms with Crippen LogP contribution in [0.5, 0.6) is 5.75 Å². The van der Waals surface area contributed by atoms with Gasteiger partial charge >= 0.3 is 0 Å². The molecule has 0 unspecified atom stereocenters. The lowest BCUT2D eigenvalue weighted by Gasteiger charge is -1.95. The van der Waals surface area contributed by atoms with Gasteiger partial charge in [0.2, 0.25) is 0 Å². The normalized spacial score (nSPS) is 9.60. The molecule has 54 valence electrons. The van der Waals surface area contributed by atoms with Crippen molar-refractivity contribution in [3.63, 3.8) is 0 Å². The van der Waals surface area contributed by atoms with Gasteiger partial charge in [0.05, 0.1) is 0 Å². The molecule has 1 rings (SSSR count). The Kier molecular flexibility index (Phi) is 2.51. The topological polar surface area (TPSA) is 20.2 Å². The highest BCUT2D eigenvalue weighted by atomic mass is 32.1. The fraction of sp³-hybridized carbons (Fsp3) is 0.125. The van der Waals surface area contributed by atoms with E-state index in [0.29, 0.717) is 5.75 Å². The number of phenols is 1. The number of phenolic OH excluding ortho intramolecular Hbond substituents is 1. The van der Waals surface area contributed by atoms with E-state index in [9.17, 15) is 0 Å². The summed E-state index contributed by atoms with van der Waals surface area (Å²) in [5, 5.41) is 9.02. The lowest BCUT2D eigenvalue weighted by atomic mass is 10.2. The Bertz CT molecular complexity index is 232. The minimum absolute atomic E-state index is 0.334. The first-order valence-electron chi connectivity index (χ1n) is 3.03. The molecular weight excluding hydrogens is 144 g/mol. The van der Waals surface area contributed by atoms with Crippen molar-refractivity contribution >= 4 is 17.2 Å². The average molecular weight is 154 g/mol. The Morgan fingerprint density at radius 1 is 1.50 bits per heavy atom. The van der Waals surface area contributed by atoms with Gasteiger partial charge in [0.25, 0.3) is 0 Å². The van der Waals surface area contributed by atoms with Crippen molar-refractivity contribution in [2.75, 3.05) is 0 Å². The van der Waals surface area contributed by atoms with Crippen molar-refractivity contribution in [2.45, 2.75) is 5.75 Å². The minimum atomic E-state index is 0.334. The van der Waals surface area contributed by atoms with Crippen molar-refractivity contribution in [3.05, 3.63) is 29.8 Å². The number of hydrogen-bond donors (Lipinski definition) is 2. The van der Waals surface area contributed by atoms with E-state index in [4.69, 9.17) is 5.11 Å².